The molecule has 2 fully saturated rings. The fourth-order valence-corrected chi connectivity index (χ4v) is 4.07. The lowest BCUT2D eigenvalue weighted by molar-refractivity contribution is -0.283. The van der Waals surface area contributed by atoms with Crippen molar-refractivity contribution in [1.29, 1.82) is 0 Å². The molecule has 2 heterocycles. The van der Waals surface area contributed by atoms with E-state index in [4.69, 9.17) is 30.1 Å². The number of nitrogens with zero attached hydrogens (tertiary/aromatic N) is 2. The van der Waals surface area contributed by atoms with Crippen LogP contribution in [0.3, 0.4) is 0 Å². The third kappa shape index (κ3) is 8.85. The van der Waals surface area contributed by atoms with Gasteiger partial charge in [-0.2, -0.15) is 0 Å². The zero-order chi connectivity index (χ0) is 25.8. The van der Waals surface area contributed by atoms with Gasteiger partial charge in [-0.15, -0.1) is 6.42 Å². The Labute approximate surface area is 212 Å². The van der Waals surface area contributed by atoms with E-state index in [1.54, 1.807) is 0 Å². The quantitative estimate of drug-likeness (QED) is 0.175. The Morgan fingerprint density at radius 2 is 1.42 bits per heavy atom. The average molecular weight is 511 g/mol. The molecule has 36 heavy (non-hydrogen) atoms. The van der Waals surface area contributed by atoms with E-state index in [1.807, 2.05) is 24.3 Å². The number of hydrogen-bond acceptors (Lipinski definition) is 11. The Bertz CT molecular complexity index is 783. The largest absolute Gasteiger partial charge is 0.491 e. The Morgan fingerprint density at radius 1 is 0.806 bits per heavy atom. The molecular weight excluding hydrogens is 472 g/mol. The Hall–Kier alpha value is -1.98. The van der Waals surface area contributed by atoms with Crippen LogP contribution in [0.5, 0.6) is 5.75 Å². The minimum absolute atomic E-state index is 0.294. The molecule has 2 saturated heterocycles. The van der Waals surface area contributed by atoms with Crippen LogP contribution in [0, 0.1) is 12.3 Å². The first kappa shape index (κ1) is 28.6. The van der Waals surface area contributed by atoms with Crippen molar-refractivity contribution in [1.82, 2.24) is 4.90 Å². The second-order valence-electron chi connectivity index (χ2n) is 8.65. The summed E-state index contributed by atoms with van der Waals surface area (Å²) >= 11 is 0. The maximum absolute atomic E-state index is 10.2. The molecular formula is C25H38N2O9. The fourth-order valence-electron chi connectivity index (χ4n) is 4.07. The van der Waals surface area contributed by atoms with Gasteiger partial charge < -0.3 is 49.0 Å². The van der Waals surface area contributed by atoms with Gasteiger partial charge in [0.2, 0.25) is 0 Å². The first-order valence-corrected chi connectivity index (χ1v) is 12.2. The fraction of sp³-hybridized carbons (Fsp3) is 0.680. The van der Waals surface area contributed by atoms with E-state index in [-0.39, 0.29) is 0 Å². The van der Waals surface area contributed by atoms with Gasteiger partial charge in [0, 0.05) is 38.4 Å². The zero-order valence-corrected chi connectivity index (χ0v) is 20.5. The number of piperazine rings is 1. The van der Waals surface area contributed by atoms with Crippen LogP contribution in [0.25, 0.3) is 0 Å². The predicted molar refractivity (Wildman–Crippen MR) is 131 cm³/mol. The molecule has 202 valence electrons. The number of ether oxygens (including phenoxy) is 5. The third-order valence-electron chi connectivity index (χ3n) is 6.13. The number of hydrogen-bond donors (Lipinski definition) is 4. The van der Waals surface area contributed by atoms with E-state index in [2.05, 4.69) is 15.7 Å². The van der Waals surface area contributed by atoms with Crippen molar-refractivity contribution in [3.05, 3.63) is 24.3 Å². The van der Waals surface area contributed by atoms with Gasteiger partial charge in [-0.1, -0.05) is 5.92 Å². The number of anilines is 1. The summed E-state index contributed by atoms with van der Waals surface area (Å²) in [5, 5.41) is 39.4. The highest BCUT2D eigenvalue weighted by atomic mass is 16.6. The first-order valence-electron chi connectivity index (χ1n) is 12.2. The van der Waals surface area contributed by atoms with Crippen LogP contribution in [0.15, 0.2) is 24.3 Å². The number of terminal acetylenes is 1. The van der Waals surface area contributed by atoms with Crippen LogP contribution in [0.4, 0.5) is 5.69 Å². The van der Waals surface area contributed by atoms with Crippen molar-refractivity contribution < 1.29 is 44.1 Å². The zero-order valence-electron chi connectivity index (χ0n) is 20.5. The molecule has 11 nitrogen and oxygen atoms in total. The molecule has 4 N–H and O–H groups in total. The lowest BCUT2D eigenvalue weighted by atomic mass is 9.98. The summed E-state index contributed by atoms with van der Waals surface area (Å²) in [6.07, 6.45) is -1.39. The normalized spacial score (nSPS) is 27.1. The summed E-state index contributed by atoms with van der Waals surface area (Å²) in [5.74, 6) is 3.16. The summed E-state index contributed by atoms with van der Waals surface area (Å²) in [4.78, 5) is 4.36. The van der Waals surface area contributed by atoms with Crippen molar-refractivity contribution in [3.8, 4) is 18.1 Å². The van der Waals surface area contributed by atoms with Gasteiger partial charge >= 0.3 is 0 Å². The summed E-state index contributed by atoms with van der Waals surface area (Å²) < 4.78 is 27.0. The van der Waals surface area contributed by atoms with Gasteiger partial charge in [0.15, 0.2) is 6.29 Å². The molecule has 1 unspecified atom stereocenters. The number of benzene rings is 1. The molecule has 1 aromatic rings. The Balaban J connectivity index is 1.28. The maximum atomic E-state index is 10.2. The van der Waals surface area contributed by atoms with E-state index in [9.17, 15) is 20.4 Å². The van der Waals surface area contributed by atoms with E-state index in [1.165, 1.54) is 0 Å². The lowest BCUT2D eigenvalue weighted by Crippen LogP contribution is -2.61. The van der Waals surface area contributed by atoms with Gasteiger partial charge in [-0.05, 0) is 24.3 Å². The molecule has 0 aliphatic carbocycles. The van der Waals surface area contributed by atoms with Crippen LogP contribution in [-0.4, -0.2) is 135 Å². The highest BCUT2D eigenvalue weighted by molar-refractivity contribution is 5.49. The van der Waals surface area contributed by atoms with Crippen molar-refractivity contribution in [3.63, 3.8) is 0 Å². The minimum atomic E-state index is -1.51. The minimum Gasteiger partial charge on any atom is -0.491 e. The Kier molecular flexibility index (Phi) is 12.2. The third-order valence-corrected chi connectivity index (χ3v) is 6.13. The molecule has 3 rings (SSSR count). The number of aliphatic hydroxyl groups is 4. The highest BCUT2D eigenvalue weighted by Crippen LogP contribution is 2.23. The molecule has 2 aliphatic rings. The van der Waals surface area contributed by atoms with Crippen molar-refractivity contribution in [2.45, 2.75) is 30.7 Å². The number of aliphatic hydroxyl groups excluding tert-OH is 4. The molecule has 1 aromatic carbocycles. The molecule has 0 radical (unpaired) electrons. The van der Waals surface area contributed by atoms with E-state index in [0.29, 0.717) is 52.8 Å². The first-order chi connectivity index (χ1) is 17.5. The van der Waals surface area contributed by atoms with Gasteiger partial charge in [-0.25, -0.2) is 0 Å². The SMILES string of the molecule is C#CCOCCOCCOCCOc1ccc(N2CCN(C[C@H]3OC(O)[C@H](O)[C@@H](O)[C@H]3O)CC2)cc1. The van der Waals surface area contributed by atoms with Gasteiger partial charge in [-0.3, -0.25) is 4.90 Å². The maximum Gasteiger partial charge on any atom is 0.184 e. The Morgan fingerprint density at radius 3 is 2.06 bits per heavy atom. The summed E-state index contributed by atoms with van der Waals surface area (Å²) in [5.41, 5.74) is 1.09. The van der Waals surface area contributed by atoms with Crippen LogP contribution in [0.1, 0.15) is 0 Å². The number of rotatable bonds is 14. The molecule has 0 spiro atoms. The summed E-state index contributed by atoms with van der Waals surface area (Å²) in [7, 11) is 0. The van der Waals surface area contributed by atoms with E-state index < -0.39 is 30.7 Å². The van der Waals surface area contributed by atoms with Crippen LogP contribution in [0.2, 0.25) is 0 Å². The average Bonchev–Trinajstić information content (AvgIpc) is 2.90. The van der Waals surface area contributed by atoms with Crippen LogP contribution in [-0.2, 0) is 18.9 Å². The second-order valence-corrected chi connectivity index (χ2v) is 8.65. The van der Waals surface area contributed by atoms with Gasteiger partial charge in [0.1, 0.15) is 43.4 Å². The van der Waals surface area contributed by atoms with Gasteiger partial charge in [0.05, 0.1) is 33.0 Å². The van der Waals surface area contributed by atoms with E-state index >= 15 is 0 Å². The van der Waals surface area contributed by atoms with Crippen LogP contribution < -0.4 is 9.64 Å². The molecule has 11 heteroatoms. The summed E-state index contributed by atoms with van der Waals surface area (Å²) in [6.45, 7) is 6.52. The summed E-state index contributed by atoms with van der Waals surface area (Å²) in [6, 6.07) is 7.90. The predicted octanol–water partition coefficient (Wildman–Crippen LogP) is -1.33. The molecule has 5 atom stereocenters. The van der Waals surface area contributed by atoms with E-state index in [0.717, 1.165) is 37.6 Å². The lowest BCUT2D eigenvalue weighted by Gasteiger charge is -2.42. The smallest absolute Gasteiger partial charge is 0.184 e. The highest BCUT2D eigenvalue weighted by Gasteiger charge is 2.43. The van der Waals surface area contributed by atoms with Crippen LogP contribution >= 0.6 is 0 Å². The van der Waals surface area contributed by atoms with Crippen molar-refractivity contribution in [2.75, 3.05) is 83.9 Å². The monoisotopic (exact) mass is 510 g/mol. The molecule has 0 saturated carbocycles. The molecule has 0 aromatic heterocycles. The van der Waals surface area contributed by atoms with Gasteiger partial charge in [0.25, 0.3) is 0 Å². The second kappa shape index (κ2) is 15.3. The standard InChI is InChI=1S/C25H38N2O9/c1-2-11-32-12-13-33-14-15-34-16-17-35-20-5-3-19(4-6-20)27-9-7-26(8-10-27)18-21-22(28)23(29)24(30)25(31)36-21/h1,3-6,21-25,28-31H,7-18H2/t21-,22+,23+,24-,25?/m1/s1. The van der Waals surface area contributed by atoms with Crippen molar-refractivity contribution in [2.24, 2.45) is 0 Å². The molecule has 2 aliphatic heterocycles. The van der Waals surface area contributed by atoms with Crippen molar-refractivity contribution >= 4 is 5.69 Å². The molecule has 0 bridgehead atoms. The molecule has 0 amide bonds. The topological polar surface area (TPSA) is 134 Å².